The van der Waals surface area contributed by atoms with Crippen molar-refractivity contribution in [1.29, 1.82) is 0 Å². The van der Waals surface area contributed by atoms with Crippen LogP contribution in [0, 0.1) is 11.8 Å². The summed E-state index contributed by atoms with van der Waals surface area (Å²) in [7, 11) is 6.13. The Morgan fingerprint density at radius 1 is 1.42 bits per heavy atom. The van der Waals surface area contributed by atoms with Crippen LogP contribution in [0.25, 0.3) is 0 Å². The van der Waals surface area contributed by atoms with E-state index in [0.717, 1.165) is 11.0 Å². The van der Waals surface area contributed by atoms with Crippen molar-refractivity contribution in [1.82, 2.24) is 0 Å². The molecule has 0 aliphatic rings. The average molecular weight is 283 g/mol. The van der Waals surface area contributed by atoms with E-state index in [1.54, 1.807) is 0 Å². The molecular weight excluding hydrogens is 269 g/mol. The number of rotatable bonds is 2. The zero-order valence-electron chi connectivity index (χ0n) is 7.59. The van der Waals surface area contributed by atoms with Gasteiger partial charge in [-0.05, 0) is 0 Å². The third kappa shape index (κ3) is 12.4. The molecule has 0 radical (unpaired) electrons. The Morgan fingerprint density at radius 3 is 2.25 bits per heavy atom. The van der Waals surface area contributed by atoms with E-state index in [1.807, 2.05) is 21.1 Å². The monoisotopic (exact) mass is 283 g/mol. The molecular formula is C8H14INO2. The second kappa shape index (κ2) is 6.26. The van der Waals surface area contributed by atoms with E-state index in [-0.39, 0.29) is 24.0 Å². The average Bonchev–Trinajstić information content (AvgIpc) is 1.78. The second-order valence-electron chi connectivity index (χ2n) is 3.37. The summed E-state index contributed by atoms with van der Waals surface area (Å²) in [5, 5.41) is 8.16. The van der Waals surface area contributed by atoms with Crippen molar-refractivity contribution < 1.29 is 38.4 Å². The van der Waals surface area contributed by atoms with Gasteiger partial charge in [0.25, 0.3) is 0 Å². The van der Waals surface area contributed by atoms with Gasteiger partial charge in [0.1, 0.15) is 0 Å². The molecule has 0 rings (SSSR count). The molecule has 0 aromatic heterocycles. The number of aliphatic carboxylic acids is 1. The number of halogens is 1. The summed E-state index contributed by atoms with van der Waals surface area (Å²) in [5.41, 5.74) is 0. The Kier molecular flexibility index (Phi) is 7.44. The molecule has 0 saturated heterocycles. The van der Waals surface area contributed by atoms with E-state index in [0.29, 0.717) is 6.42 Å². The maximum Gasteiger partial charge on any atom is 0.381 e. The SMILES string of the molecule is C[N+](C)(C)CCC#CC(=O)O.[I-]. The summed E-state index contributed by atoms with van der Waals surface area (Å²) >= 11 is 0. The summed E-state index contributed by atoms with van der Waals surface area (Å²) in [4.78, 5) is 9.95. The first-order chi connectivity index (χ1) is 4.92. The lowest BCUT2D eigenvalue weighted by Gasteiger charge is -2.22. The van der Waals surface area contributed by atoms with Gasteiger partial charge in [-0.2, -0.15) is 0 Å². The summed E-state index contributed by atoms with van der Waals surface area (Å²) in [6.07, 6.45) is 0.635. The third-order valence-corrected chi connectivity index (χ3v) is 1.10. The summed E-state index contributed by atoms with van der Waals surface area (Å²) in [5.74, 6) is 3.60. The fourth-order valence-electron chi connectivity index (χ4n) is 0.529. The predicted molar refractivity (Wildman–Crippen MR) is 42.9 cm³/mol. The Labute approximate surface area is 90.4 Å². The van der Waals surface area contributed by atoms with Crippen LogP contribution in [0.1, 0.15) is 6.42 Å². The van der Waals surface area contributed by atoms with Gasteiger partial charge >= 0.3 is 5.97 Å². The van der Waals surface area contributed by atoms with Gasteiger partial charge in [-0.15, -0.1) is 0 Å². The van der Waals surface area contributed by atoms with Gasteiger partial charge < -0.3 is 33.6 Å². The van der Waals surface area contributed by atoms with Crippen LogP contribution in [0.15, 0.2) is 0 Å². The topological polar surface area (TPSA) is 37.3 Å². The van der Waals surface area contributed by atoms with Gasteiger partial charge in [0, 0.05) is 5.92 Å². The lowest BCUT2D eigenvalue weighted by atomic mass is 10.4. The number of quaternary nitrogens is 1. The van der Waals surface area contributed by atoms with Crippen molar-refractivity contribution in [3.8, 4) is 11.8 Å². The van der Waals surface area contributed by atoms with Crippen molar-refractivity contribution in [3.63, 3.8) is 0 Å². The second-order valence-corrected chi connectivity index (χ2v) is 3.37. The number of hydrogen-bond donors (Lipinski definition) is 1. The molecule has 0 aliphatic carbocycles. The van der Waals surface area contributed by atoms with Crippen LogP contribution in [-0.4, -0.2) is 43.2 Å². The number of hydrogen-bond acceptors (Lipinski definition) is 1. The molecule has 0 heterocycles. The van der Waals surface area contributed by atoms with Crippen LogP contribution in [0.3, 0.4) is 0 Å². The van der Waals surface area contributed by atoms with Gasteiger partial charge in [0.2, 0.25) is 0 Å². The van der Waals surface area contributed by atoms with E-state index in [2.05, 4.69) is 11.8 Å². The van der Waals surface area contributed by atoms with E-state index < -0.39 is 5.97 Å². The molecule has 0 amide bonds. The van der Waals surface area contributed by atoms with Gasteiger partial charge in [-0.3, -0.25) is 0 Å². The van der Waals surface area contributed by atoms with Crippen LogP contribution in [0.2, 0.25) is 0 Å². The molecule has 0 fully saturated rings. The highest BCUT2D eigenvalue weighted by Gasteiger charge is 2.03. The molecule has 12 heavy (non-hydrogen) atoms. The molecule has 0 unspecified atom stereocenters. The maximum absolute atomic E-state index is 9.95. The fraction of sp³-hybridized carbons (Fsp3) is 0.625. The molecule has 0 atom stereocenters. The molecule has 0 spiro atoms. The van der Waals surface area contributed by atoms with Crippen LogP contribution < -0.4 is 24.0 Å². The first kappa shape index (κ1) is 14.3. The Hall–Kier alpha value is -0.280. The van der Waals surface area contributed by atoms with E-state index >= 15 is 0 Å². The highest BCUT2D eigenvalue weighted by atomic mass is 127. The van der Waals surface area contributed by atoms with Gasteiger partial charge in [-0.25, -0.2) is 4.79 Å². The smallest absolute Gasteiger partial charge is 0.381 e. The summed E-state index contributed by atoms with van der Waals surface area (Å²) in [6, 6.07) is 0. The van der Waals surface area contributed by atoms with Crippen LogP contribution in [0.5, 0.6) is 0 Å². The lowest BCUT2D eigenvalue weighted by Crippen LogP contribution is -3.00. The van der Waals surface area contributed by atoms with Crippen molar-refractivity contribution in [2.45, 2.75) is 6.42 Å². The minimum Gasteiger partial charge on any atom is -1.00 e. The summed E-state index contributed by atoms with van der Waals surface area (Å²) < 4.78 is 0.814. The van der Waals surface area contributed by atoms with E-state index in [9.17, 15) is 4.79 Å². The highest BCUT2D eigenvalue weighted by molar-refractivity contribution is 5.86. The number of carboxylic acid groups (broad SMARTS) is 1. The molecule has 0 aliphatic heterocycles. The summed E-state index contributed by atoms with van der Waals surface area (Å²) in [6.45, 7) is 0.875. The zero-order chi connectivity index (χ0) is 8.91. The first-order valence-corrected chi connectivity index (χ1v) is 3.44. The highest BCUT2D eigenvalue weighted by Crippen LogP contribution is 1.91. The molecule has 4 heteroatoms. The molecule has 3 nitrogen and oxygen atoms in total. The Morgan fingerprint density at radius 2 is 1.92 bits per heavy atom. The maximum atomic E-state index is 9.95. The van der Waals surface area contributed by atoms with Crippen molar-refractivity contribution in [2.75, 3.05) is 27.7 Å². The van der Waals surface area contributed by atoms with E-state index in [1.165, 1.54) is 0 Å². The van der Waals surface area contributed by atoms with E-state index in [4.69, 9.17) is 5.11 Å². The van der Waals surface area contributed by atoms with Crippen molar-refractivity contribution in [2.24, 2.45) is 0 Å². The quantitative estimate of drug-likeness (QED) is 0.337. The minimum absolute atomic E-state index is 0. The van der Waals surface area contributed by atoms with Crippen LogP contribution >= 0.6 is 0 Å². The fourth-order valence-corrected chi connectivity index (χ4v) is 0.529. The zero-order valence-corrected chi connectivity index (χ0v) is 9.75. The van der Waals surface area contributed by atoms with Crippen molar-refractivity contribution in [3.05, 3.63) is 0 Å². The molecule has 0 bridgehead atoms. The van der Waals surface area contributed by atoms with Crippen molar-refractivity contribution >= 4 is 5.97 Å². The molecule has 0 aromatic carbocycles. The number of carboxylic acids is 1. The van der Waals surface area contributed by atoms with Gasteiger partial charge in [0.05, 0.1) is 34.1 Å². The largest absolute Gasteiger partial charge is 1.00 e. The lowest BCUT2D eigenvalue weighted by molar-refractivity contribution is -0.869. The molecule has 0 aromatic rings. The normalized spacial score (nSPS) is 9.25. The number of nitrogens with zero attached hydrogens (tertiary/aromatic N) is 1. The van der Waals surface area contributed by atoms with Crippen LogP contribution in [0.4, 0.5) is 0 Å². The minimum atomic E-state index is -1.05. The Bertz CT molecular complexity index is 197. The third-order valence-electron chi connectivity index (χ3n) is 1.10. The molecule has 70 valence electrons. The van der Waals surface area contributed by atoms with Gasteiger partial charge in [-0.1, -0.05) is 5.92 Å². The number of carbonyl (C=O) groups is 1. The van der Waals surface area contributed by atoms with Gasteiger partial charge in [0.15, 0.2) is 0 Å². The molecule has 0 saturated carbocycles. The Balaban J connectivity index is 0. The first-order valence-electron chi connectivity index (χ1n) is 3.44. The predicted octanol–water partition coefficient (Wildman–Crippen LogP) is -2.83. The molecule has 1 N–H and O–H groups in total. The standard InChI is InChI=1S/C8H13NO2.HI/c1-9(2,3)7-5-4-6-8(10)11;/h5,7H2,1-3H3;1H. The van der Waals surface area contributed by atoms with Crippen LogP contribution in [-0.2, 0) is 4.79 Å².